The minimum atomic E-state index is -0.405. The molecule has 0 radical (unpaired) electrons. The van der Waals surface area contributed by atoms with Crippen LogP contribution in [0.25, 0.3) is 0 Å². The van der Waals surface area contributed by atoms with E-state index >= 15 is 0 Å². The predicted molar refractivity (Wildman–Crippen MR) is 94.1 cm³/mol. The van der Waals surface area contributed by atoms with Crippen LogP contribution in [0.4, 0.5) is 0 Å². The van der Waals surface area contributed by atoms with E-state index in [1.807, 2.05) is 37.3 Å². The molecule has 0 saturated heterocycles. The third-order valence-electron chi connectivity index (χ3n) is 4.41. The van der Waals surface area contributed by atoms with Crippen molar-refractivity contribution in [2.24, 2.45) is 0 Å². The first-order chi connectivity index (χ1) is 12.1. The molecule has 0 spiro atoms. The summed E-state index contributed by atoms with van der Waals surface area (Å²) >= 11 is 0. The highest BCUT2D eigenvalue weighted by Gasteiger charge is 2.31. The molecule has 0 aromatic heterocycles. The number of carbonyl (C=O) groups excluding carboxylic acids is 3. The second-order valence-electron chi connectivity index (χ2n) is 6.23. The molecule has 2 aromatic rings. The number of benzene rings is 2. The topological polar surface area (TPSA) is 66.5 Å². The minimum Gasteiger partial charge on any atom is -0.354 e. The summed E-state index contributed by atoms with van der Waals surface area (Å²) < 4.78 is 0. The van der Waals surface area contributed by atoms with Crippen LogP contribution in [0.15, 0.2) is 54.6 Å². The fourth-order valence-electron chi connectivity index (χ4n) is 2.93. The van der Waals surface area contributed by atoms with Crippen LogP contribution in [0.3, 0.4) is 0 Å². The molecule has 3 amide bonds. The van der Waals surface area contributed by atoms with Crippen LogP contribution >= 0.6 is 0 Å². The van der Waals surface area contributed by atoms with E-state index in [4.69, 9.17) is 0 Å². The first-order valence-corrected chi connectivity index (χ1v) is 8.30. The largest absolute Gasteiger partial charge is 0.354 e. The molecule has 1 aliphatic heterocycles. The van der Waals surface area contributed by atoms with Gasteiger partial charge < -0.3 is 5.32 Å². The van der Waals surface area contributed by atoms with Crippen LogP contribution in [0, 0.1) is 0 Å². The van der Waals surface area contributed by atoms with Crippen LogP contribution in [0.1, 0.15) is 34.3 Å². The Labute approximate surface area is 146 Å². The van der Waals surface area contributed by atoms with E-state index in [1.165, 1.54) is 0 Å². The average Bonchev–Trinajstić information content (AvgIpc) is 2.64. The van der Waals surface area contributed by atoms with Gasteiger partial charge in [0.15, 0.2) is 0 Å². The Bertz CT molecular complexity index is 802. The molecular formula is C20H20N2O3. The number of fused-ring (bicyclic) bond motifs is 1. The van der Waals surface area contributed by atoms with Crippen molar-refractivity contribution in [1.29, 1.82) is 0 Å². The third-order valence-corrected chi connectivity index (χ3v) is 4.41. The number of amides is 3. The van der Waals surface area contributed by atoms with Gasteiger partial charge in [-0.05, 0) is 23.1 Å². The van der Waals surface area contributed by atoms with E-state index < -0.39 is 5.91 Å². The van der Waals surface area contributed by atoms with Gasteiger partial charge in [-0.3, -0.25) is 19.3 Å². The summed E-state index contributed by atoms with van der Waals surface area (Å²) in [6, 6.07) is 16.9. The van der Waals surface area contributed by atoms with Gasteiger partial charge in [-0.1, -0.05) is 55.5 Å². The molecule has 1 N–H and O–H groups in total. The van der Waals surface area contributed by atoms with Crippen molar-refractivity contribution in [3.05, 3.63) is 71.3 Å². The Balaban J connectivity index is 1.60. The zero-order valence-electron chi connectivity index (χ0n) is 14.1. The molecule has 1 heterocycles. The quantitative estimate of drug-likeness (QED) is 0.851. The highest BCUT2D eigenvalue weighted by molar-refractivity contribution is 6.11. The number of rotatable bonds is 5. The molecule has 5 heteroatoms. The van der Waals surface area contributed by atoms with Crippen molar-refractivity contribution in [3.63, 3.8) is 0 Å². The SMILES string of the molecule is C[C@H](CNC(=O)CN1C(=O)Cc2ccccc2C1=O)c1ccccc1. The summed E-state index contributed by atoms with van der Waals surface area (Å²) in [6.07, 6.45) is 0.148. The fourth-order valence-corrected chi connectivity index (χ4v) is 2.93. The molecule has 0 bridgehead atoms. The second-order valence-corrected chi connectivity index (χ2v) is 6.23. The number of hydrogen-bond acceptors (Lipinski definition) is 3. The molecule has 2 aromatic carbocycles. The van der Waals surface area contributed by atoms with E-state index in [0.717, 1.165) is 10.5 Å². The van der Waals surface area contributed by atoms with Gasteiger partial charge in [0.25, 0.3) is 5.91 Å². The Morgan fingerprint density at radius 3 is 2.52 bits per heavy atom. The molecule has 128 valence electrons. The Hall–Kier alpha value is -2.95. The smallest absolute Gasteiger partial charge is 0.261 e. The normalized spacial score (nSPS) is 14.8. The monoisotopic (exact) mass is 336 g/mol. The molecule has 0 fully saturated rings. The van der Waals surface area contributed by atoms with Crippen LogP contribution in [-0.4, -0.2) is 35.7 Å². The van der Waals surface area contributed by atoms with Gasteiger partial charge in [-0.2, -0.15) is 0 Å². The zero-order valence-corrected chi connectivity index (χ0v) is 14.1. The fraction of sp³-hybridized carbons (Fsp3) is 0.250. The first-order valence-electron chi connectivity index (χ1n) is 8.30. The average molecular weight is 336 g/mol. The van der Waals surface area contributed by atoms with Gasteiger partial charge in [-0.25, -0.2) is 0 Å². The lowest BCUT2D eigenvalue weighted by Gasteiger charge is -2.26. The standard InChI is InChI=1S/C20H20N2O3/c1-14(15-7-3-2-4-8-15)12-21-18(23)13-22-19(24)11-16-9-5-6-10-17(16)20(22)25/h2-10,14H,11-13H2,1H3,(H,21,23)/t14-/m1/s1. The molecule has 0 aliphatic carbocycles. The van der Waals surface area contributed by atoms with E-state index in [2.05, 4.69) is 5.32 Å². The van der Waals surface area contributed by atoms with E-state index in [9.17, 15) is 14.4 Å². The molecule has 5 nitrogen and oxygen atoms in total. The number of carbonyl (C=O) groups is 3. The van der Waals surface area contributed by atoms with Crippen molar-refractivity contribution in [2.45, 2.75) is 19.3 Å². The molecule has 0 saturated carbocycles. The van der Waals surface area contributed by atoms with Gasteiger partial charge in [0.05, 0.1) is 6.42 Å². The van der Waals surface area contributed by atoms with Crippen molar-refractivity contribution in [1.82, 2.24) is 10.2 Å². The van der Waals surface area contributed by atoms with E-state index in [1.54, 1.807) is 24.3 Å². The van der Waals surface area contributed by atoms with Crippen LogP contribution in [-0.2, 0) is 16.0 Å². The van der Waals surface area contributed by atoms with Gasteiger partial charge in [0.1, 0.15) is 6.54 Å². The molecule has 0 unspecified atom stereocenters. The van der Waals surface area contributed by atoms with E-state index in [-0.39, 0.29) is 30.7 Å². The van der Waals surface area contributed by atoms with Crippen molar-refractivity contribution in [3.8, 4) is 0 Å². The summed E-state index contributed by atoms with van der Waals surface area (Å²) in [7, 11) is 0. The van der Waals surface area contributed by atoms with Gasteiger partial charge >= 0.3 is 0 Å². The third kappa shape index (κ3) is 3.76. The summed E-state index contributed by atoms with van der Waals surface area (Å²) in [5.41, 5.74) is 2.33. The number of nitrogens with one attached hydrogen (secondary N) is 1. The van der Waals surface area contributed by atoms with Crippen molar-refractivity contribution in [2.75, 3.05) is 13.1 Å². The molecule has 1 atom stereocenters. The highest BCUT2D eigenvalue weighted by atomic mass is 16.2. The van der Waals surface area contributed by atoms with Gasteiger partial charge in [0.2, 0.25) is 11.8 Å². The van der Waals surface area contributed by atoms with Crippen molar-refractivity contribution >= 4 is 17.7 Å². The number of imide groups is 1. The summed E-state index contributed by atoms with van der Waals surface area (Å²) in [6.45, 7) is 2.23. The molecule has 1 aliphatic rings. The predicted octanol–water partition coefficient (Wildman–Crippen LogP) is 2.13. The van der Waals surface area contributed by atoms with Gasteiger partial charge in [0, 0.05) is 12.1 Å². The molecular weight excluding hydrogens is 316 g/mol. The van der Waals surface area contributed by atoms with Crippen molar-refractivity contribution < 1.29 is 14.4 Å². The maximum atomic E-state index is 12.4. The van der Waals surface area contributed by atoms with Crippen LogP contribution in [0.5, 0.6) is 0 Å². The summed E-state index contributed by atoms with van der Waals surface area (Å²) in [5, 5.41) is 2.81. The Morgan fingerprint density at radius 2 is 1.76 bits per heavy atom. The van der Waals surface area contributed by atoms with Crippen LogP contribution in [0.2, 0.25) is 0 Å². The molecule has 25 heavy (non-hydrogen) atoms. The van der Waals surface area contributed by atoms with E-state index in [0.29, 0.717) is 17.7 Å². The number of hydrogen-bond donors (Lipinski definition) is 1. The zero-order chi connectivity index (χ0) is 17.8. The summed E-state index contributed by atoms with van der Waals surface area (Å²) in [5.74, 6) is -0.921. The van der Waals surface area contributed by atoms with Crippen LogP contribution < -0.4 is 5.32 Å². The highest BCUT2D eigenvalue weighted by Crippen LogP contribution is 2.19. The first kappa shape index (κ1) is 16.9. The Morgan fingerprint density at radius 1 is 1.08 bits per heavy atom. The molecule has 3 rings (SSSR count). The number of nitrogens with zero attached hydrogens (tertiary/aromatic N) is 1. The summed E-state index contributed by atoms with van der Waals surface area (Å²) in [4.78, 5) is 37.9. The minimum absolute atomic E-state index is 0.148. The van der Waals surface area contributed by atoms with Gasteiger partial charge in [-0.15, -0.1) is 0 Å². The Kier molecular flexibility index (Phi) is 4.93. The maximum Gasteiger partial charge on any atom is 0.261 e. The second kappa shape index (κ2) is 7.30. The maximum absolute atomic E-state index is 12.4. The lowest BCUT2D eigenvalue weighted by atomic mass is 9.98. The lowest BCUT2D eigenvalue weighted by Crippen LogP contribution is -2.47. The lowest BCUT2D eigenvalue weighted by molar-refractivity contribution is -0.133.